The lowest BCUT2D eigenvalue weighted by atomic mass is 10.1. The second kappa shape index (κ2) is 7.23. The van der Waals surface area contributed by atoms with Gasteiger partial charge in [-0.15, -0.1) is 11.3 Å². The molecule has 5 nitrogen and oxygen atoms in total. The first kappa shape index (κ1) is 16.7. The lowest BCUT2D eigenvalue weighted by Gasteiger charge is -2.05. The van der Waals surface area contributed by atoms with Crippen LogP contribution in [0.5, 0.6) is 0 Å². The number of hydrogen-bond donors (Lipinski definition) is 1. The van der Waals surface area contributed by atoms with Gasteiger partial charge >= 0.3 is 0 Å². The van der Waals surface area contributed by atoms with Gasteiger partial charge in [-0.25, -0.2) is 9.98 Å². The summed E-state index contributed by atoms with van der Waals surface area (Å²) in [7, 11) is 0. The number of carbonyl (C=O) groups is 1. The molecule has 0 fully saturated rings. The molecule has 1 amide bonds. The Bertz CT molecular complexity index is 1140. The molecule has 0 unspecified atom stereocenters. The average Bonchev–Trinajstić information content (AvgIpc) is 3.15. The molecule has 0 bridgehead atoms. The fourth-order valence-corrected chi connectivity index (χ4v) is 3.32. The van der Waals surface area contributed by atoms with Crippen molar-refractivity contribution < 1.29 is 9.21 Å². The van der Waals surface area contributed by atoms with Gasteiger partial charge in [-0.3, -0.25) is 10.1 Å². The molecule has 2 aromatic heterocycles. The first-order valence-electron chi connectivity index (χ1n) is 7.73. The SMILES string of the molecule is O=C(Nc1nccs1)c1cc2cc(Br)ccc2oc1=Nc1ccccc1. The molecule has 0 aliphatic rings. The summed E-state index contributed by atoms with van der Waals surface area (Å²) in [6, 6.07) is 16.8. The molecule has 0 spiro atoms. The van der Waals surface area contributed by atoms with E-state index in [0.717, 1.165) is 9.86 Å². The number of nitrogens with zero attached hydrogens (tertiary/aromatic N) is 2. The summed E-state index contributed by atoms with van der Waals surface area (Å²) in [6.45, 7) is 0. The third kappa shape index (κ3) is 3.58. The fraction of sp³-hybridized carbons (Fsp3) is 0. The fourth-order valence-electron chi connectivity index (χ4n) is 2.42. The molecule has 0 radical (unpaired) electrons. The van der Waals surface area contributed by atoms with Gasteiger partial charge in [-0.05, 0) is 36.4 Å². The number of halogens is 1. The number of amides is 1. The lowest BCUT2D eigenvalue weighted by Crippen LogP contribution is -2.21. The van der Waals surface area contributed by atoms with Gasteiger partial charge in [0, 0.05) is 21.4 Å². The molecule has 0 saturated carbocycles. The van der Waals surface area contributed by atoms with Crippen molar-refractivity contribution in [3.8, 4) is 0 Å². The Labute approximate surface area is 161 Å². The summed E-state index contributed by atoms with van der Waals surface area (Å²) in [5, 5.41) is 5.90. The maximum Gasteiger partial charge on any atom is 0.262 e. The van der Waals surface area contributed by atoms with E-state index in [1.165, 1.54) is 11.3 Å². The number of nitrogens with one attached hydrogen (secondary N) is 1. The van der Waals surface area contributed by atoms with E-state index in [-0.39, 0.29) is 11.5 Å². The number of para-hydroxylation sites is 1. The number of aromatic nitrogens is 1. The van der Waals surface area contributed by atoms with Crippen LogP contribution in [0.25, 0.3) is 11.0 Å². The highest BCUT2D eigenvalue weighted by Crippen LogP contribution is 2.21. The van der Waals surface area contributed by atoms with Gasteiger partial charge in [0.15, 0.2) is 5.13 Å². The Kier molecular flexibility index (Phi) is 4.64. The van der Waals surface area contributed by atoms with Gasteiger partial charge in [0.05, 0.1) is 5.69 Å². The molecule has 4 aromatic rings. The van der Waals surface area contributed by atoms with E-state index in [2.05, 4.69) is 31.2 Å². The zero-order chi connectivity index (χ0) is 17.9. The minimum absolute atomic E-state index is 0.250. The molecule has 0 aliphatic carbocycles. The molecule has 1 N–H and O–H groups in total. The molecule has 128 valence electrons. The number of fused-ring (bicyclic) bond motifs is 1. The Morgan fingerprint density at radius 2 is 2.00 bits per heavy atom. The monoisotopic (exact) mass is 425 g/mol. The first-order chi connectivity index (χ1) is 12.7. The highest BCUT2D eigenvalue weighted by atomic mass is 79.9. The smallest absolute Gasteiger partial charge is 0.262 e. The first-order valence-corrected chi connectivity index (χ1v) is 9.40. The quantitative estimate of drug-likeness (QED) is 0.494. The van der Waals surface area contributed by atoms with Crippen LogP contribution in [-0.4, -0.2) is 10.9 Å². The summed E-state index contributed by atoms with van der Waals surface area (Å²) < 4.78 is 6.83. The van der Waals surface area contributed by atoms with Gasteiger partial charge < -0.3 is 4.42 Å². The zero-order valence-corrected chi connectivity index (χ0v) is 15.8. The average molecular weight is 426 g/mol. The number of hydrogen-bond acceptors (Lipinski definition) is 5. The van der Waals surface area contributed by atoms with Crippen molar-refractivity contribution in [3.63, 3.8) is 0 Å². The Morgan fingerprint density at radius 1 is 1.15 bits per heavy atom. The van der Waals surface area contributed by atoms with E-state index >= 15 is 0 Å². The van der Waals surface area contributed by atoms with Crippen molar-refractivity contribution in [3.05, 3.63) is 81.8 Å². The summed E-state index contributed by atoms with van der Waals surface area (Å²) in [5.41, 5.74) is 1.94. The summed E-state index contributed by atoms with van der Waals surface area (Å²) in [4.78, 5) is 21.4. The van der Waals surface area contributed by atoms with E-state index in [1.54, 1.807) is 17.6 Å². The highest BCUT2D eigenvalue weighted by Gasteiger charge is 2.14. The van der Waals surface area contributed by atoms with Crippen LogP contribution < -0.4 is 10.9 Å². The standard InChI is InChI=1S/C19H12BrN3O2S/c20-13-6-7-16-12(10-13)11-15(17(24)23-19-21-8-9-26-19)18(25-16)22-14-4-2-1-3-5-14/h1-11H,(H,21,23,24). The molecule has 0 aliphatic heterocycles. The molecular formula is C19H12BrN3O2S. The van der Waals surface area contributed by atoms with Crippen molar-refractivity contribution in [2.45, 2.75) is 0 Å². The molecule has 2 heterocycles. The second-order valence-corrected chi connectivity index (χ2v) is 7.20. The third-order valence-electron chi connectivity index (χ3n) is 3.59. The maximum absolute atomic E-state index is 12.8. The van der Waals surface area contributed by atoms with Gasteiger partial charge in [0.2, 0.25) is 5.55 Å². The van der Waals surface area contributed by atoms with E-state index in [0.29, 0.717) is 22.0 Å². The van der Waals surface area contributed by atoms with Crippen LogP contribution in [-0.2, 0) is 0 Å². The minimum atomic E-state index is -0.319. The van der Waals surface area contributed by atoms with Crippen molar-refractivity contribution >= 4 is 55.0 Å². The molecule has 0 atom stereocenters. The zero-order valence-electron chi connectivity index (χ0n) is 13.3. The van der Waals surface area contributed by atoms with Crippen molar-refractivity contribution in [2.24, 2.45) is 4.99 Å². The Hall–Kier alpha value is -2.77. The number of anilines is 1. The van der Waals surface area contributed by atoms with E-state index < -0.39 is 0 Å². The van der Waals surface area contributed by atoms with Gasteiger partial charge in [0.25, 0.3) is 5.91 Å². The number of rotatable bonds is 3. The largest absolute Gasteiger partial charge is 0.438 e. The van der Waals surface area contributed by atoms with Crippen LogP contribution >= 0.6 is 27.3 Å². The van der Waals surface area contributed by atoms with Crippen LogP contribution in [0.15, 0.2) is 80.1 Å². The molecule has 2 aromatic carbocycles. The number of benzene rings is 2. The van der Waals surface area contributed by atoms with Gasteiger partial charge in [-0.1, -0.05) is 34.1 Å². The van der Waals surface area contributed by atoms with Crippen molar-refractivity contribution in [1.82, 2.24) is 4.98 Å². The summed E-state index contributed by atoms with van der Waals surface area (Å²) >= 11 is 4.79. The Balaban J connectivity index is 1.88. The van der Waals surface area contributed by atoms with Crippen molar-refractivity contribution in [1.29, 1.82) is 0 Å². The summed E-state index contributed by atoms with van der Waals surface area (Å²) in [5.74, 6) is -0.319. The van der Waals surface area contributed by atoms with Gasteiger partial charge in [-0.2, -0.15) is 0 Å². The summed E-state index contributed by atoms with van der Waals surface area (Å²) in [6.07, 6.45) is 1.64. The van der Waals surface area contributed by atoms with Crippen LogP contribution in [0.2, 0.25) is 0 Å². The molecule has 0 saturated heterocycles. The van der Waals surface area contributed by atoms with Crippen LogP contribution in [0, 0.1) is 0 Å². The van der Waals surface area contributed by atoms with E-state index in [1.807, 2.05) is 48.5 Å². The molecule has 4 rings (SSSR count). The topological polar surface area (TPSA) is 67.5 Å². The second-order valence-electron chi connectivity index (χ2n) is 5.39. The van der Waals surface area contributed by atoms with Crippen LogP contribution in [0.3, 0.4) is 0 Å². The highest BCUT2D eigenvalue weighted by molar-refractivity contribution is 9.10. The van der Waals surface area contributed by atoms with E-state index in [9.17, 15) is 4.79 Å². The van der Waals surface area contributed by atoms with E-state index in [4.69, 9.17) is 4.42 Å². The maximum atomic E-state index is 12.8. The van der Waals surface area contributed by atoms with Crippen molar-refractivity contribution in [2.75, 3.05) is 5.32 Å². The molecular weight excluding hydrogens is 414 g/mol. The minimum Gasteiger partial charge on any atom is -0.438 e. The molecule has 7 heteroatoms. The van der Waals surface area contributed by atoms with Crippen LogP contribution in [0.4, 0.5) is 10.8 Å². The predicted octanol–water partition coefficient (Wildman–Crippen LogP) is 5.14. The predicted molar refractivity (Wildman–Crippen MR) is 106 cm³/mol. The lowest BCUT2D eigenvalue weighted by molar-refractivity contribution is 0.102. The van der Waals surface area contributed by atoms with Crippen LogP contribution in [0.1, 0.15) is 10.4 Å². The number of carbonyl (C=O) groups excluding carboxylic acids is 1. The molecule has 26 heavy (non-hydrogen) atoms. The number of thiazole rings is 1. The Morgan fingerprint density at radius 3 is 2.77 bits per heavy atom. The third-order valence-corrected chi connectivity index (χ3v) is 4.77. The van der Waals surface area contributed by atoms with Gasteiger partial charge in [0.1, 0.15) is 11.1 Å². The normalized spacial score (nSPS) is 11.7.